The Morgan fingerprint density at radius 2 is 1.92 bits per heavy atom. The van der Waals surface area contributed by atoms with Crippen LogP contribution in [0.2, 0.25) is 0 Å². The third kappa shape index (κ3) is 4.81. The largest absolute Gasteiger partial charge is 0.465 e. The third-order valence-corrected chi connectivity index (χ3v) is 3.24. The van der Waals surface area contributed by atoms with Crippen LogP contribution in [0.25, 0.3) is 0 Å². The number of nitrogens with zero attached hydrogens (tertiary/aromatic N) is 1. The zero-order valence-corrected chi connectivity index (χ0v) is 14.0. The molecule has 0 fully saturated rings. The molecule has 1 heterocycles. The molecule has 0 atom stereocenters. The fourth-order valence-electron chi connectivity index (χ4n) is 2.14. The fourth-order valence-corrected chi connectivity index (χ4v) is 2.14. The van der Waals surface area contributed by atoms with Crippen LogP contribution in [0.15, 0.2) is 42.6 Å². The van der Waals surface area contributed by atoms with Gasteiger partial charge in [-0.3, -0.25) is 4.79 Å². The number of esters is 1. The van der Waals surface area contributed by atoms with Crippen LogP contribution in [0.4, 0.5) is 17.2 Å². The number of carbonyl (C=O) groups excluding carboxylic acids is 2. The van der Waals surface area contributed by atoms with E-state index in [4.69, 9.17) is 4.74 Å². The number of aromatic nitrogens is 1. The van der Waals surface area contributed by atoms with Crippen LogP contribution in [0.1, 0.15) is 30.6 Å². The summed E-state index contributed by atoms with van der Waals surface area (Å²) in [4.78, 5) is 27.7. The van der Waals surface area contributed by atoms with Gasteiger partial charge < -0.3 is 15.4 Å². The van der Waals surface area contributed by atoms with Gasteiger partial charge in [-0.1, -0.05) is 26.0 Å². The van der Waals surface area contributed by atoms with Crippen molar-refractivity contribution in [3.05, 3.63) is 48.2 Å². The first-order valence-corrected chi connectivity index (χ1v) is 7.70. The molecule has 0 radical (unpaired) electrons. The number of carbonyl (C=O) groups is 2. The van der Waals surface area contributed by atoms with Crippen molar-refractivity contribution in [3.63, 3.8) is 0 Å². The lowest BCUT2D eigenvalue weighted by molar-refractivity contribution is -0.116. The molecule has 0 spiro atoms. The van der Waals surface area contributed by atoms with E-state index in [0.29, 0.717) is 35.1 Å². The summed E-state index contributed by atoms with van der Waals surface area (Å²) in [6.45, 7) is 3.97. The summed E-state index contributed by atoms with van der Waals surface area (Å²) in [6, 6.07) is 10.5. The molecule has 0 bridgehead atoms. The lowest BCUT2D eigenvalue weighted by atomic mass is 10.1. The lowest BCUT2D eigenvalue weighted by Gasteiger charge is -2.11. The fraction of sp³-hybridized carbons (Fsp3) is 0.278. The minimum Gasteiger partial charge on any atom is -0.465 e. The highest BCUT2D eigenvalue weighted by Crippen LogP contribution is 2.21. The summed E-state index contributed by atoms with van der Waals surface area (Å²) in [5.41, 5.74) is 1.77. The Labute approximate surface area is 141 Å². The van der Waals surface area contributed by atoms with E-state index < -0.39 is 5.97 Å². The maximum absolute atomic E-state index is 11.8. The Bertz CT molecular complexity index is 712. The van der Waals surface area contributed by atoms with Gasteiger partial charge in [-0.05, 0) is 30.2 Å². The SMILES string of the molecule is COC(=O)c1ccccc1Nc1ccc(NC(=O)CC(C)C)nc1. The monoisotopic (exact) mass is 327 g/mol. The number of hydrogen-bond donors (Lipinski definition) is 2. The summed E-state index contributed by atoms with van der Waals surface area (Å²) < 4.78 is 4.77. The van der Waals surface area contributed by atoms with E-state index >= 15 is 0 Å². The molecule has 6 nitrogen and oxygen atoms in total. The highest BCUT2D eigenvalue weighted by atomic mass is 16.5. The Morgan fingerprint density at radius 3 is 2.54 bits per heavy atom. The van der Waals surface area contributed by atoms with Crippen LogP contribution in [0, 0.1) is 5.92 Å². The van der Waals surface area contributed by atoms with E-state index in [0.717, 1.165) is 0 Å². The smallest absolute Gasteiger partial charge is 0.339 e. The van der Waals surface area contributed by atoms with Crippen LogP contribution >= 0.6 is 0 Å². The zero-order chi connectivity index (χ0) is 17.5. The molecule has 0 saturated heterocycles. The highest BCUT2D eigenvalue weighted by Gasteiger charge is 2.11. The molecule has 0 aliphatic heterocycles. The molecule has 0 saturated carbocycles. The van der Waals surface area contributed by atoms with Gasteiger partial charge >= 0.3 is 5.97 Å². The summed E-state index contributed by atoms with van der Waals surface area (Å²) >= 11 is 0. The second-order valence-electron chi connectivity index (χ2n) is 5.74. The van der Waals surface area contributed by atoms with E-state index in [1.807, 2.05) is 19.9 Å². The standard InChI is InChI=1S/C18H21N3O3/c1-12(2)10-17(22)21-16-9-8-13(11-19-16)20-15-7-5-4-6-14(15)18(23)24-3/h4-9,11-12,20H,10H2,1-3H3,(H,19,21,22). The summed E-state index contributed by atoms with van der Waals surface area (Å²) in [6.07, 6.45) is 2.05. The zero-order valence-electron chi connectivity index (χ0n) is 14.0. The number of anilines is 3. The van der Waals surface area contributed by atoms with Gasteiger partial charge in [0.15, 0.2) is 0 Å². The number of benzene rings is 1. The van der Waals surface area contributed by atoms with Gasteiger partial charge in [0, 0.05) is 6.42 Å². The first-order valence-electron chi connectivity index (χ1n) is 7.70. The average molecular weight is 327 g/mol. The number of amides is 1. The van der Waals surface area contributed by atoms with Gasteiger partial charge in [-0.15, -0.1) is 0 Å². The molecule has 24 heavy (non-hydrogen) atoms. The molecule has 2 N–H and O–H groups in total. The van der Waals surface area contributed by atoms with Gasteiger partial charge in [0.05, 0.1) is 30.2 Å². The molecule has 1 aromatic heterocycles. The molecule has 1 amide bonds. The summed E-state index contributed by atoms with van der Waals surface area (Å²) in [5.74, 6) is 0.311. The molecule has 126 valence electrons. The van der Waals surface area contributed by atoms with Crippen molar-refractivity contribution in [1.29, 1.82) is 0 Å². The summed E-state index contributed by atoms with van der Waals surface area (Å²) in [5, 5.41) is 5.88. The molecule has 0 aliphatic rings. The molecule has 2 aromatic rings. The third-order valence-electron chi connectivity index (χ3n) is 3.24. The first-order chi connectivity index (χ1) is 11.5. The van der Waals surface area contributed by atoms with E-state index in [1.165, 1.54) is 7.11 Å². The van der Waals surface area contributed by atoms with Crippen molar-refractivity contribution in [2.24, 2.45) is 5.92 Å². The van der Waals surface area contributed by atoms with Crippen molar-refractivity contribution >= 4 is 29.1 Å². The molecule has 6 heteroatoms. The van der Waals surface area contributed by atoms with Crippen LogP contribution < -0.4 is 10.6 Å². The van der Waals surface area contributed by atoms with Crippen molar-refractivity contribution in [2.75, 3.05) is 17.7 Å². The molecular formula is C18H21N3O3. The Hall–Kier alpha value is -2.89. The number of methoxy groups -OCH3 is 1. The topological polar surface area (TPSA) is 80.3 Å². The molecule has 0 unspecified atom stereocenters. The predicted octanol–water partition coefficient (Wildman–Crippen LogP) is 3.60. The minimum atomic E-state index is -0.413. The van der Waals surface area contributed by atoms with Crippen molar-refractivity contribution in [1.82, 2.24) is 4.98 Å². The summed E-state index contributed by atoms with van der Waals surface area (Å²) in [7, 11) is 1.34. The van der Waals surface area contributed by atoms with Crippen LogP contribution in [0.5, 0.6) is 0 Å². The predicted molar refractivity (Wildman–Crippen MR) is 93.4 cm³/mol. The average Bonchev–Trinajstić information content (AvgIpc) is 2.55. The number of para-hydroxylation sites is 1. The molecule has 0 aliphatic carbocycles. The minimum absolute atomic E-state index is 0.0609. The maximum Gasteiger partial charge on any atom is 0.339 e. The molecular weight excluding hydrogens is 306 g/mol. The highest BCUT2D eigenvalue weighted by molar-refractivity contribution is 5.96. The maximum atomic E-state index is 11.8. The Balaban J connectivity index is 2.07. The number of rotatable bonds is 6. The van der Waals surface area contributed by atoms with Crippen molar-refractivity contribution in [3.8, 4) is 0 Å². The van der Waals surface area contributed by atoms with Crippen LogP contribution in [-0.2, 0) is 9.53 Å². The molecule has 2 rings (SSSR count). The number of hydrogen-bond acceptors (Lipinski definition) is 5. The van der Waals surface area contributed by atoms with E-state index in [9.17, 15) is 9.59 Å². The van der Waals surface area contributed by atoms with Gasteiger partial charge in [0.25, 0.3) is 0 Å². The van der Waals surface area contributed by atoms with Crippen LogP contribution in [0.3, 0.4) is 0 Å². The van der Waals surface area contributed by atoms with Gasteiger partial charge in [0.1, 0.15) is 5.82 Å². The number of ether oxygens (including phenoxy) is 1. The number of nitrogens with one attached hydrogen (secondary N) is 2. The Kier molecular flexibility index (Phi) is 5.89. The van der Waals surface area contributed by atoms with E-state index in [2.05, 4.69) is 15.6 Å². The lowest BCUT2D eigenvalue weighted by Crippen LogP contribution is -2.14. The van der Waals surface area contributed by atoms with E-state index in [-0.39, 0.29) is 5.91 Å². The molecule has 1 aromatic carbocycles. The van der Waals surface area contributed by atoms with Gasteiger partial charge in [-0.25, -0.2) is 9.78 Å². The quantitative estimate of drug-likeness (QED) is 0.792. The second kappa shape index (κ2) is 8.10. The van der Waals surface area contributed by atoms with Gasteiger partial charge in [-0.2, -0.15) is 0 Å². The van der Waals surface area contributed by atoms with Gasteiger partial charge in [0.2, 0.25) is 5.91 Å². The first kappa shape index (κ1) is 17.5. The normalized spacial score (nSPS) is 10.3. The van der Waals surface area contributed by atoms with Crippen LogP contribution in [-0.4, -0.2) is 24.0 Å². The van der Waals surface area contributed by atoms with Crippen molar-refractivity contribution < 1.29 is 14.3 Å². The number of pyridine rings is 1. The Morgan fingerprint density at radius 1 is 1.17 bits per heavy atom. The van der Waals surface area contributed by atoms with E-state index in [1.54, 1.807) is 36.5 Å². The van der Waals surface area contributed by atoms with Crippen molar-refractivity contribution in [2.45, 2.75) is 20.3 Å². The second-order valence-corrected chi connectivity index (χ2v) is 5.74.